The summed E-state index contributed by atoms with van der Waals surface area (Å²) in [6.07, 6.45) is 5.20. The number of halogens is 1. The van der Waals surface area contributed by atoms with Crippen molar-refractivity contribution in [2.45, 2.75) is 46.1 Å². The monoisotopic (exact) mass is 338 g/mol. The number of hydrogen-bond acceptors (Lipinski definition) is 2. The van der Waals surface area contributed by atoms with Crippen LogP contribution in [-0.4, -0.2) is 19.6 Å². The van der Waals surface area contributed by atoms with E-state index in [0.29, 0.717) is 0 Å². The van der Waals surface area contributed by atoms with Gasteiger partial charge < -0.3 is 10.2 Å². The summed E-state index contributed by atoms with van der Waals surface area (Å²) in [5.74, 6) is 0.934. The van der Waals surface area contributed by atoms with Crippen molar-refractivity contribution in [2.24, 2.45) is 5.92 Å². The summed E-state index contributed by atoms with van der Waals surface area (Å²) in [4.78, 5) is 2.57. The van der Waals surface area contributed by atoms with Crippen molar-refractivity contribution in [2.75, 3.05) is 24.5 Å². The molecule has 0 spiro atoms. The SMILES string of the molecule is CCCNCc1cc(Br)ccc1N1CCC(CC)CC1. The number of benzene rings is 1. The largest absolute Gasteiger partial charge is 0.371 e. The van der Waals surface area contributed by atoms with Crippen LogP contribution in [0.1, 0.15) is 45.1 Å². The molecular weight excluding hydrogens is 312 g/mol. The van der Waals surface area contributed by atoms with Crippen molar-refractivity contribution >= 4 is 21.6 Å². The van der Waals surface area contributed by atoms with Crippen LogP contribution in [0.25, 0.3) is 0 Å². The molecule has 2 nitrogen and oxygen atoms in total. The number of nitrogens with zero attached hydrogens (tertiary/aromatic N) is 1. The first-order valence-corrected chi connectivity index (χ1v) is 8.78. The molecule has 112 valence electrons. The van der Waals surface area contributed by atoms with Crippen molar-refractivity contribution in [3.05, 3.63) is 28.2 Å². The first-order valence-electron chi connectivity index (χ1n) is 7.98. The van der Waals surface area contributed by atoms with Crippen molar-refractivity contribution in [1.29, 1.82) is 0 Å². The van der Waals surface area contributed by atoms with E-state index in [1.165, 1.54) is 54.5 Å². The Kier molecular flexibility index (Phi) is 6.37. The van der Waals surface area contributed by atoms with Crippen LogP contribution in [0.5, 0.6) is 0 Å². The molecule has 1 aromatic carbocycles. The van der Waals surface area contributed by atoms with E-state index >= 15 is 0 Å². The zero-order valence-corrected chi connectivity index (χ0v) is 14.4. The minimum atomic E-state index is 0.934. The Hall–Kier alpha value is -0.540. The van der Waals surface area contributed by atoms with Gasteiger partial charge in [-0.05, 0) is 55.5 Å². The van der Waals surface area contributed by atoms with Crippen molar-refractivity contribution < 1.29 is 0 Å². The number of anilines is 1. The summed E-state index contributed by atoms with van der Waals surface area (Å²) in [5, 5.41) is 3.53. The lowest BCUT2D eigenvalue weighted by molar-refractivity contribution is 0.394. The molecule has 1 aliphatic heterocycles. The van der Waals surface area contributed by atoms with Crippen LogP contribution in [-0.2, 0) is 6.54 Å². The Balaban J connectivity index is 2.06. The lowest BCUT2D eigenvalue weighted by atomic mass is 9.94. The van der Waals surface area contributed by atoms with Crippen molar-refractivity contribution in [3.63, 3.8) is 0 Å². The van der Waals surface area contributed by atoms with Gasteiger partial charge in [-0.2, -0.15) is 0 Å². The van der Waals surface area contributed by atoms with Gasteiger partial charge in [0.1, 0.15) is 0 Å². The molecule has 1 heterocycles. The van der Waals surface area contributed by atoms with E-state index in [-0.39, 0.29) is 0 Å². The molecule has 1 aromatic rings. The van der Waals surface area contributed by atoms with E-state index in [2.05, 4.69) is 58.2 Å². The second-order valence-electron chi connectivity index (χ2n) is 5.79. The van der Waals surface area contributed by atoms with Crippen LogP contribution in [0.3, 0.4) is 0 Å². The third-order valence-corrected chi connectivity index (χ3v) is 4.81. The maximum absolute atomic E-state index is 3.60. The molecule has 0 bridgehead atoms. The molecular formula is C17H27BrN2. The third kappa shape index (κ3) is 4.23. The van der Waals surface area contributed by atoms with Crippen molar-refractivity contribution in [1.82, 2.24) is 5.32 Å². The van der Waals surface area contributed by atoms with Crippen LogP contribution < -0.4 is 10.2 Å². The summed E-state index contributed by atoms with van der Waals surface area (Å²) in [5.41, 5.74) is 2.84. The average molecular weight is 339 g/mol. The highest BCUT2D eigenvalue weighted by Crippen LogP contribution is 2.29. The molecule has 2 rings (SSSR count). The Morgan fingerprint density at radius 1 is 1.25 bits per heavy atom. The summed E-state index contributed by atoms with van der Waals surface area (Å²) >= 11 is 3.60. The highest BCUT2D eigenvalue weighted by atomic mass is 79.9. The highest BCUT2D eigenvalue weighted by Gasteiger charge is 2.19. The Labute approximate surface area is 132 Å². The van der Waals surface area contributed by atoms with E-state index in [1.54, 1.807) is 0 Å². The van der Waals surface area contributed by atoms with Crippen molar-refractivity contribution in [3.8, 4) is 0 Å². The molecule has 1 saturated heterocycles. The Morgan fingerprint density at radius 2 is 2.00 bits per heavy atom. The van der Waals surface area contributed by atoms with Gasteiger partial charge in [0, 0.05) is 29.8 Å². The minimum absolute atomic E-state index is 0.934. The average Bonchev–Trinajstić information content (AvgIpc) is 2.48. The summed E-state index contributed by atoms with van der Waals surface area (Å²) in [6.45, 7) is 9.01. The molecule has 0 radical (unpaired) electrons. The molecule has 3 heteroatoms. The fourth-order valence-corrected chi connectivity index (χ4v) is 3.39. The van der Waals surface area contributed by atoms with E-state index in [1.807, 2.05) is 0 Å². The first kappa shape index (κ1) is 15.8. The maximum Gasteiger partial charge on any atom is 0.0412 e. The zero-order chi connectivity index (χ0) is 14.4. The number of piperidine rings is 1. The van der Waals surface area contributed by atoms with Gasteiger partial charge in [-0.1, -0.05) is 36.2 Å². The van der Waals surface area contributed by atoms with Gasteiger partial charge in [0.2, 0.25) is 0 Å². The van der Waals surface area contributed by atoms with Crippen LogP contribution in [0.15, 0.2) is 22.7 Å². The van der Waals surface area contributed by atoms with Gasteiger partial charge >= 0.3 is 0 Å². The Morgan fingerprint density at radius 3 is 2.65 bits per heavy atom. The predicted octanol–water partition coefficient (Wildman–Crippen LogP) is 4.58. The minimum Gasteiger partial charge on any atom is -0.371 e. The maximum atomic E-state index is 3.60. The quantitative estimate of drug-likeness (QED) is 0.764. The predicted molar refractivity (Wildman–Crippen MR) is 91.4 cm³/mol. The standard InChI is InChI=1S/C17H27BrN2/c1-3-9-19-13-15-12-16(18)5-6-17(15)20-10-7-14(4-2)8-11-20/h5-6,12,14,19H,3-4,7-11,13H2,1-2H3. The normalized spacial score (nSPS) is 16.6. The highest BCUT2D eigenvalue weighted by molar-refractivity contribution is 9.10. The third-order valence-electron chi connectivity index (χ3n) is 4.32. The summed E-state index contributed by atoms with van der Waals surface area (Å²) in [6, 6.07) is 6.72. The van der Waals surface area contributed by atoms with Gasteiger partial charge in [0.05, 0.1) is 0 Å². The molecule has 1 N–H and O–H groups in total. The fraction of sp³-hybridized carbons (Fsp3) is 0.647. The van der Waals surface area contributed by atoms with E-state index in [4.69, 9.17) is 0 Å². The second-order valence-corrected chi connectivity index (χ2v) is 6.70. The number of hydrogen-bond donors (Lipinski definition) is 1. The van der Waals surface area contributed by atoms with Gasteiger partial charge in [0.15, 0.2) is 0 Å². The molecule has 0 aliphatic carbocycles. The van der Waals surface area contributed by atoms with Gasteiger partial charge in [-0.3, -0.25) is 0 Å². The molecule has 0 amide bonds. The van der Waals surface area contributed by atoms with E-state index < -0.39 is 0 Å². The molecule has 0 saturated carbocycles. The van der Waals surface area contributed by atoms with Gasteiger partial charge in [0.25, 0.3) is 0 Å². The molecule has 0 unspecified atom stereocenters. The second kappa shape index (κ2) is 8.04. The van der Waals surface area contributed by atoms with Crippen LogP contribution in [0, 0.1) is 5.92 Å². The smallest absolute Gasteiger partial charge is 0.0412 e. The van der Waals surface area contributed by atoms with Crippen LogP contribution in [0.2, 0.25) is 0 Å². The lowest BCUT2D eigenvalue weighted by Crippen LogP contribution is -2.34. The van der Waals surface area contributed by atoms with Crippen LogP contribution >= 0.6 is 15.9 Å². The Bertz CT molecular complexity index is 411. The molecule has 0 aromatic heterocycles. The lowest BCUT2D eigenvalue weighted by Gasteiger charge is -2.34. The topological polar surface area (TPSA) is 15.3 Å². The molecule has 1 fully saturated rings. The first-order chi connectivity index (χ1) is 9.74. The van der Waals surface area contributed by atoms with Gasteiger partial charge in [-0.25, -0.2) is 0 Å². The molecule has 1 aliphatic rings. The number of rotatable bonds is 6. The summed E-state index contributed by atoms with van der Waals surface area (Å²) in [7, 11) is 0. The van der Waals surface area contributed by atoms with E-state index in [0.717, 1.165) is 19.0 Å². The molecule has 20 heavy (non-hydrogen) atoms. The van der Waals surface area contributed by atoms with E-state index in [9.17, 15) is 0 Å². The zero-order valence-electron chi connectivity index (χ0n) is 12.8. The fourth-order valence-electron chi connectivity index (χ4n) is 2.99. The van der Waals surface area contributed by atoms with Crippen LogP contribution in [0.4, 0.5) is 5.69 Å². The number of nitrogens with one attached hydrogen (secondary N) is 1. The van der Waals surface area contributed by atoms with Gasteiger partial charge in [-0.15, -0.1) is 0 Å². The summed E-state index contributed by atoms with van der Waals surface area (Å²) < 4.78 is 1.18. The molecule has 0 atom stereocenters.